The Hall–Kier alpha value is -2.47. The molecule has 0 aliphatic carbocycles. The topological polar surface area (TPSA) is 105 Å². The SMILES string of the molecule is CSCC[C@H](NC(=O)c1cccc(S(=O)(=O)N2CCOCC2)c1)C(=O)Nc1cccc(F)c1. The van der Waals surface area contributed by atoms with Crippen LogP contribution in [0.15, 0.2) is 53.4 Å². The molecular weight excluding hydrogens is 469 g/mol. The number of halogens is 1. The van der Waals surface area contributed by atoms with Crippen LogP contribution < -0.4 is 10.6 Å². The standard InChI is InChI=1S/C22H26FN3O5S2/c1-32-13-8-20(22(28)24-18-6-3-5-17(23)15-18)25-21(27)16-4-2-7-19(14-16)33(29,30)26-9-11-31-12-10-26/h2-7,14-15,20H,8-13H2,1H3,(H,24,28)(H,25,27)/t20-/m0/s1. The van der Waals surface area contributed by atoms with Crippen molar-refractivity contribution in [2.45, 2.75) is 17.4 Å². The van der Waals surface area contributed by atoms with Gasteiger partial charge in [-0.05, 0) is 54.8 Å². The smallest absolute Gasteiger partial charge is 0.251 e. The highest BCUT2D eigenvalue weighted by molar-refractivity contribution is 7.98. The summed E-state index contributed by atoms with van der Waals surface area (Å²) in [5.74, 6) is -0.946. The summed E-state index contributed by atoms with van der Waals surface area (Å²) in [6.45, 7) is 1.12. The Morgan fingerprint density at radius 2 is 1.88 bits per heavy atom. The molecule has 178 valence electrons. The van der Waals surface area contributed by atoms with Crippen LogP contribution in [-0.4, -0.2) is 68.9 Å². The summed E-state index contributed by atoms with van der Waals surface area (Å²) >= 11 is 1.51. The minimum atomic E-state index is -3.77. The van der Waals surface area contributed by atoms with Gasteiger partial charge in [0.05, 0.1) is 18.1 Å². The maximum absolute atomic E-state index is 13.4. The molecule has 0 aromatic heterocycles. The molecule has 0 unspecified atom stereocenters. The molecule has 1 fully saturated rings. The Labute approximate surface area is 196 Å². The molecule has 3 rings (SSSR count). The molecule has 1 saturated heterocycles. The van der Waals surface area contributed by atoms with Crippen LogP contribution in [0.2, 0.25) is 0 Å². The number of benzene rings is 2. The Bertz CT molecular complexity index is 1090. The second-order valence-electron chi connectivity index (χ2n) is 7.35. The second kappa shape index (κ2) is 11.6. The number of hydrogen-bond acceptors (Lipinski definition) is 6. The predicted octanol–water partition coefficient (Wildman–Crippen LogP) is 2.34. The van der Waals surface area contributed by atoms with Gasteiger partial charge in [0, 0.05) is 24.3 Å². The first-order valence-electron chi connectivity index (χ1n) is 10.4. The highest BCUT2D eigenvalue weighted by Crippen LogP contribution is 2.19. The van der Waals surface area contributed by atoms with Crippen molar-refractivity contribution in [2.75, 3.05) is 43.6 Å². The summed E-state index contributed by atoms with van der Waals surface area (Å²) < 4.78 is 45.8. The van der Waals surface area contributed by atoms with Gasteiger partial charge in [-0.25, -0.2) is 12.8 Å². The van der Waals surface area contributed by atoms with Crippen molar-refractivity contribution >= 4 is 39.3 Å². The fraction of sp³-hybridized carbons (Fsp3) is 0.364. The van der Waals surface area contributed by atoms with Gasteiger partial charge in [-0.15, -0.1) is 0 Å². The molecule has 1 heterocycles. The average Bonchev–Trinajstić information content (AvgIpc) is 2.82. The third-order valence-electron chi connectivity index (χ3n) is 5.03. The van der Waals surface area contributed by atoms with E-state index in [9.17, 15) is 22.4 Å². The number of hydrogen-bond donors (Lipinski definition) is 2. The number of nitrogens with zero attached hydrogens (tertiary/aromatic N) is 1. The molecule has 8 nitrogen and oxygen atoms in total. The summed E-state index contributed by atoms with van der Waals surface area (Å²) in [7, 11) is -3.77. The average molecular weight is 496 g/mol. The zero-order chi connectivity index (χ0) is 23.8. The number of ether oxygens (including phenoxy) is 1. The Kier molecular flexibility index (Phi) is 8.84. The molecule has 11 heteroatoms. The molecule has 1 atom stereocenters. The van der Waals surface area contributed by atoms with E-state index in [-0.39, 0.29) is 29.2 Å². The van der Waals surface area contributed by atoms with Gasteiger partial charge in [-0.2, -0.15) is 16.1 Å². The summed E-state index contributed by atoms with van der Waals surface area (Å²) in [5, 5.41) is 5.28. The number of sulfonamides is 1. The van der Waals surface area contributed by atoms with Crippen LogP contribution in [0.4, 0.5) is 10.1 Å². The molecule has 0 bridgehead atoms. The van der Waals surface area contributed by atoms with Crippen LogP contribution >= 0.6 is 11.8 Å². The predicted molar refractivity (Wildman–Crippen MR) is 125 cm³/mol. The van der Waals surface area contributed by atoms with Gasteiger partial charge >= 0.3 is 0 Å². The number of rotatable bonds is 9. The Balaban J connectivity index is 1.75. The van der Waals surface area contributed by atoms with E-state index in [1.54, 1.807) is 6.07 Å². The van der Waals surface area contributed by atoms with Crippen molar-refractivity contribution in [3.63, 3.8) is 0 Å². The lowest BCUT2D eigenvalue weighted by Gasteiger charge is -2.26. The lowest BCUT2D eigenvalue weighted by atomic mass is 10.1. The molecule has 0 saturated carbocycles. The van der Waals surface area contributed by atoms with Gasteiger partial charge in [0.1, 0.15) is 11.9 Å². The van der Waals surface area contributed by atoms with Gasteiger partial charge in [-0.3, -0.25) is 9.59 Å². The first-order chi connectivity index (χ1) is 15.8. The zero-order valence-electron chi connectivity index (χ0n) is 18.1. The first kappa shape index (κ1) is 25.2. The van der Waals surface area contributed by atoms with E-state index in [0.29, 0.717) is 25.4 Å². The van der Waals surface area contributed by atoms with Gasteiger partial charge in [0.2, 0.25) is 15.9 Å². The highest BCUT2D eigenvalue weighted by Gasteiger charge is 2.27. The first-order valence-corrected chi connectivity index (χ1v) is 13.2. The minimum Gasteiger partial charge on any atom is -0.379 e. The molecule has 2 amide bonds. The van der Waals surface area contributed by atoms with Gasteiger partial charge < -0.3 is 15.4 Å². The van der Waals surface area contributed by atoms with E-state index in [1.807, 2.05) is 6.26 Å². The number of anilines is 1. The molecule has 0 spiro atoms. The maximum atomic E-state index is 13.4. The number of carbonyl (C=O) groups is 2. The van der Waals surface area contributed by atoms with Crippen LogP contribution in [0.1, 0.15) is 16.8 Å². The highest BCUT2D eigenvalue weighted by atomic mass is 32.2. The van der Waals surface area contributed by atoms with Crippen molar-refractivity contribution in [3.05, 3.63) is 59.9 Å². The van der Waals surface area contributed by atoms with E-state index in [4.69, 9.17) is 4.74 Å². The number of nitrogens with one attached hydrogen (secondary N) is 2. The van der Waals surface area contributed by atoms with Crippen molar-refractivity contribution < 1.29 is 27.1 Å². The number of amides is 2. The normalized spacial score (nSPS) is 15.6. The van der Waals surface area contributed by atoms with Crippen molar-refractivity contribution in [2.24, 2.45) is 0 Å². The molecule has 2 N–H and O–H groups in total. The summed E-state index contributed by atoms with van der Waals surface area (Å²) in [6, 6.07) is 10.3. The Morgan fingerprint density at radius 3 is 2.58 bits per heavy atom. The van der Waals surface area contributed by atoms with Crippen molar-refractivity contribution in [3.8, 4) is 0 Å². The molecule has 1 aliphatic rings. The van der Waals surface area contributed by atoms with E-state index in [2.05, 4.69) is 10.6 Å². The van der Waals surface area contributed by atoms with Gasteiger partial charge in [-0.1, -0.05) is 12.1 Å². The summed E-state index contributed by atoms with van der Waals surface area (Å²) in [4.78, 5) is 25.7. The number of morpholine rings is 1. The van der Waals surface area contributed by atoms with Crippen LogP contribution in [0.5, 0.6) is 0 Å². The summed E-state index contributed by atoms with van der Waals surface area (Å²) in [6.07, 6.45) is 2.23. The van der Waals surface area contributed by atoms with Gasteiger partial charge in [0.15, 0.2) is 0 Å². The van der Waals surface area contributed by atoms with Gasteiger partial charge in [0.25, 0.3) is 5.91 Å². The zero-order valence-corrected chi connectivity index (χ0v) is 19.8. The fourth-order valence-corrected chi connectivity index (χ4v) is 5.20. The third-order valence-corrected chi connectivity index (χ3v) is 7.57. The lowest BCUT2D eigenvalue weighted by Crippen LogP contribution is -2.44. The quantitative estimate of drug-likeness (QED) is 0.553. The van der Waals surface area contributed by atoms with Crippen molar-refractivity contribution in [1.82, 2.24) is 9.62 Å². The van der Waals surface area contributed by atoms with Crippen LogP contribution in [0.3, 0.4) is 0 Å². The molecule has 1 aliphatic heterocycles. The van der Waals surface area contributed by atoms with Crippen LogP contribution in [-0.2, 0) is 19.6 Å². The molecule has 2 aromatic rings. The maximum Gasteiger partial charge on any atom is 0.251 e. The van der Waals surface area contributed by atoms with Crippen molar-refractivity contribution in [1.29, 1.82) is 0 Å². The number of thioether (sulfide) groups is 1. The molecule has 33 heavy (non-hydrogen) atoms. The lowest BCUT2D eigenvalue weighted by molar-refractivity contribution is -0.118. The molecule has 2 aromatic carbocycles. The molecular formula is C22H26FN3O5S2. The van der Waals surface area contributed by atoms with Crippen LogP contribution in [0.25, 0.3) is 0 Å². The molecule has 0 radical (unpaired) electrons. The van der Waals surface area contributed by atoms with Crippen LogP contribution in [0, 0.1) is 5.82 Å². The summed E-state index contributed by atoms with van der Waals surface area (Å²) in [5.41, 5.74) is 0.402. The van der Waals surface area contributed by atoms with E-state index >= 15 is 0 Å². The Morgan fingerprint density at radius 1 is 1.15 bits per heavy atom. The second-order valence-corrected chi connectivity index (χ2v) is 10.3. The fourth-order valence-electron chi connectivity index (χ4n) is 3.28. The monoisotopic (exact) mass is 495 g/mol. The number of carbonyl (C=O) groups excluding carboxylic acids is 2. The largest absolute Gasteiger partial charge is 0.379 e. The van der Waals surface area contributed by atoms with E-state index in [1.165, 1.54) is 58.5 Å². The van der Waals surface area contributed by atoms with E-state index in [0.717, 1.165) is 0 Å². The van der Waals surface area contributed by atoms with E-state index < -0.39 is 33.7 Å². The third kappa shape index (κ3) is 6.76. The minimum absolute atomic E-state index is 0.00178.